The van der Waals surface area contributed by atoms with Gasteiger partial charge in [-0.1, -0.05) is 35.4 Å². The molecule has 0 spiro atoms. The van der Waals surface area contributed by atoms with Gasteiger partial charge in [-0.25, -0.2) is 4.99 Å². The van der Waals surface area contributed by atoms with E-state index < -0.39 is 11.7 Å². The van der Waals surface area contributed by atoms with Gasteiger partial charge in [-0.3, -0.25) is 0 Å². The molecule has 1 aliphatic rings. The van der Waals surface area contributed by atoms with Crippen LogP contribution < -0.4 is 10.6 Å². The number of allylic oxidation sites excluding steroid dienone is 3. The van der Waals surface area contributed by atoms with Crippen molar-refractivity contribution in [3.8, 4) is 0 Å². The Labute approximate surface area is 111 Å². The van der Waals surface area contributed by atoms with Crippen LogP contribution in [0.4, 0.5) is 13.2 Å². The summed E-state index contributed by atoms with van der Waals surface area (Å²) in [4.78, 5) is 3.97. The molecule has 0 unspecified atom stereocenters. The first-order valence-electron chi connectivity index (χ1n) is 4.87. The van der Waals surface area contributed by atoms with Crippen molar-refractivity contribution in [1.82, 2.24) is 0 Å². The second-order valence-corrected chi connectivity index (χ2v) is 4.31. The number of nitrogens with zero attached hydrogens (tertiary/aromatic N) is 1. The normalized spacial score (nSPS) is 15.4. The van der Waals surface area contributed by atoms with Gasteiger partial charge in [0.25, 0.3) is 0 Å². The molecule has 0 amide bonds. The summed E-state index contributed by atoms with van der Waals surface area (Å²) in [7, 11) is 0. The smallest absolute Gasteiger partial charge is 0.235 e. The molecule has 1 aliphatic heterocycles. The highest BCUT2D eigenvalue weighted by atomic mass is 35.5. The average Bonchev–Trinajstić information content (AvgIpc) is 2.27. The van der Waals surface area contributed by atoms with Gasteiger partial charge >= 0.3 is 6.18 Å². The first kappa shape index (κ1) is 13.2. The van der Waals surface area contributed by atoms with E-state index in [1.807, 2.05) is 0 Å². The summed E-state index contributed by atoms with van der Waals surface area (Å²) in [6.07, 6.45) is 0.112. The first-order chi connectivity index (χ1) is 8.38. The van der Waals surface area contributed by atoms with Gasteiger partial charge in [0.15, 0.2) is 0 Å². The Hall–Kier alpha value is -1.26. The number of fused-ring (bicyclic) bond motifs is 1. The summed E-state index contributed by atoms with van der Waals surface area (Å²) in [6.45, 7) is 0. The van der Waals surface area contributed by atoms with Crippen LogP contribution in [-0.4, -0.2) is 0 Å². The molecule has 0 fully saturated rings. The minimum absolute atomic E-state index is 0.0435. The lowest BCUT2D eigenvalue weighted by atomic mass is 10.1. The zero-order valence-electron chi connectivity index (χ0n) is 8.80. The number of rotatable bonds is 0. The molecule has 1 heterocycles. The molecular weight excluding hydrogens is 286 g/mol. The molecule has 0 atom stereocenters. The zero-order chi connectivity index (χ0) is 13.3. The topological polar surface area (TPSA) is 12.4 Å². The number of benzene rings is 1. The minimum Gasteiger partial charge on any atom is -0.235 e. The standard InChI is InChI=1S/C12H6Cl2F3N/c13-9-3-1-2-7-6-8(12(15,16)17)4-5-10(7)18-11(9)14/h1-6H. The number of halogens is 5. The summed E-state index contributed by atoms with van der Waals surface area (Å²) in [5.41, 5.74) is -0.729. The van der Waals surface area contributed by atoms with Crippen LogP contribution in [0.15, 0.2) is 45.5 Å². The van der Waals surface area contributed by atoms with E-state index in [4.69, 9.17) is 23.2 Å². The van der Waals surface area contributed by atoms with E-state index in [0.29, 0.717) is 10.6 Å². The van der Waals surface area contributed by atoms with Crippen LogP contribution in [0.2, 0.25) is 0 Å². The molecule has 0 aliphatic carbocycles. The monoisotopic (exact) mass is 291 g/mol. The molecule has 1 aromatic rings. The second-order valence-electron chi connectivity index (χ2n) is 3.55. The predicted octanol–water partition coefficient (Wildman–Crippen LogP) is 3.32. The van der Waals surface area contributed by atoms with Crippen LogP contribution in [0.3, 0.4) is 0 Å². The van der Waals surface area contributed by atoms with E-state index in [0.717, 1.165) is 12.1 Å². The average molecular weight is 292 g/mol. The van der Waals surface area contributed by atoms with Gasteiger partial charge in [-0.05, 0) is 24.3 Å². The van der Waals surface area contributed by atoms with Gasteiger partial charge in [-0.15, -0.1) is 0 Å². The van der Waals surface area contributed by atoms with E-state index in [-0.39, 0.29) is 10.2 Å². The van der Waals surface area contributed by atoms with Crippen LogP contribution in [0.5, 0.6) is 0 Å². The Morgan fingerprint density at radius 2 is 1.83 bits per heavy atom. The van der Waals surface area contributed by atoms with E-state index >= 15 is 0 Å². The van der Waals surface area contributed by atoms with Crippen LogP contribution in [0.25, 0.3) is 6.08 Å². The van der Waals surface area contributed by atoms with Crippen molar-refractivity contribution < 1.29 is 13.2 Å². The van der Waals surface area contributed by atoms with E-state index in [1.54, 1.807) is 0 Å². The largest absolute Gasteiger partial charge is 0.416 e. The summed E-state index contributed by atoms with van der Waals surface area (Å²) < 4.78 is 37.7. The first-order valence-corrected chi connectivity index (χ1v) is 5.63. The van der Waals surface area contributed by atoms with Crippen molar-refractivity contribution in [3.63, 3.8) is 0 Å². The Morgan fingerprint density at radius 3 is 2.50 bits per heavy atom. The van der Waals surface area contributed by atoms with Gasteiger partial charge in [0.2, 0.25) is 0 Å². The molecule has 94 valence electrons. The highest BCUT2D eigenvalue weighted by molar-refractivity contribution is 6.40. The molecule has 2 rings (SSSR count). The fourth-order valence-corrected chi connectivity index (χ4v) is 1.70. The molecule has 0 saturated heterocycles. The van der Waals surface area contributed by atoms with Crippen LogP contribution in [-0.2, 0) is 6.18 Å². The number of hydrogen-bond donors (Lipinski definition) is 0. The number of hydrogen-bond acceptors (Lipinski definition) is 1. The lowest BCUT2D eigenvalue weighted by molar-refractivity contribution is -0.137. The summed E-state index contributed by atoms with van der Waals surface area (Å²) in [5, 5.41) is 0.958. The molecule has 0 aromatic heterocycles. The summed E-state index contributed by atoms with van der Waals surface area (Å²) in [5.74, 6) is 0. The van der Waals surface area contributed by atoms with E-state index in [2.05, 4.69) is 4.99 Å². The maximum atomic E-state index is 12.6. The molecule has 1 nitrogen and oxygen atoms in total. The van der Waals surface area contributed by atoms with Crippen molar-refractivity contribution in [2.24, 2.45) is 4.99 Å². The van der Waals surface area contributed by atoms with Gasteiger partial charge in [0.1, 0.15) is 5.16 Å². The van der Waals surface area contributed by atoms with Crippen LogP contribution >= 0.6 is 23.2 Å². The molecule has 0 radical (unpaired) electrons. The maximum absolute atomic E-state index is 12.6. The fourth-order valence-electron chi connectivity index (χ4n) is 1.43. The molecule has 6 heteroatoms. The maximum Gasteiger partial charge on any atom is 0.416 e. The molecule has 0 bridgehead atoms. The molecular formula is C12H6Cl2F3N. The Balaban J connectivity index is 2.70. The summed E-state index contributed by atoms with van der Waals surface area (Å²) in [6, 6.07) is 3.24. The van der Waals surface area contributed by atoms with E-state index in [9.17, 15) is 13.2 Å². The molecule has 0 N–H and O–H groups in total. The lowest BCUT2D eigenvalue weighted by Crippen LogP contribution is -2.27. The van der Waals surface area contributed by atoms with Crippen molar-refractivity contribution in [1.29, 1.82) is 0 Å². The zero-order valence-corrected chi connectivity index (χ0v) is 10.3. The van der Waals surface area contributed by atoms with Crippen molar-refractivity contribution in [3.05, 3.63) is 56.7 Å². The van der Waals surface area contributed by atoms with Gasteiger partial charge in [-0.2, -0.15) is 13.2 Å². The Kier molecular flexibility index (Phi) is 3.50. The highest BCUT2D eigenvalue weighted by Crippen LogP contribution is 2.27. The molecule has 18 heavy (non-hydrogen) atoms. The van der Waals surface area contributed by atoms with Crippen molar-refractivity contribution in [2.75, 3.05) is 0 Å². The van der Waals surface area contributed by atoms with Crippen molar-refractivity contribution >= 4 is 29.3 Å². The third-order valence-electron chi connectivity index (χ3n) is 2.29. The van der Waals surface area contributed by atoms with Gasteiger partial charge in [0.05, 0.1) is 16.0 Å². The SMILES string of the molecule is FC(F)(F)c1ccc2c(c1)=CC=CC(Cl)=C(Cl)N=2. The molecule has 1 aromatic carbocycles. The third-order valence-corrected chi connectivity index (χ3v) is 2.98. The number of alkyl halides is 3. The van der Waals surface area contributed by atoms with Gasteiger partial charge in [0, 0.05) is 5.22 Å². The predicted molar refractivity (Wildman–Crippen MR) is 64.6 cm³/mol. The highest BCUT2D eigenvalue weighted by Gasteiger charge is 2.30. The second kappa shape index (κ2) is 4.78. The summed E-state index contributed by atoms with van der Waals surface area (Å²) >= 11 is 11.6. The fraction of sp³-hybridized carbons (Fsp3) is 0.0833. The van der Waals surface area contributed by atoms with Gasteiger partial charge < -0.3 is 0 Å². The third kappa shape index (κ3) is 2.76. The van der Waals surface area contributed by atoms with Crippen LogP contribution in [0, 0.1) is 0 Å². The van der Waals surface area contributed by atoms with Crippen LogP contribution in [0.1, 0.15) is 5.56 Å². The lowest BCUT2D eigenvalue weighted by Gasteiger charge is -2.06. The minimum atomic E-state index is -4.38. The van der Waals surface area contributed by atoms with E-state index in [1.165, 1.54) is 24.3 Å². The van der Waals surface area contributed by atoms with Crippen molar-refractivity contribution in [2.45, 2.75) is 6.18 Å². The quantitative estimate of drug-likeness (QED) is 0.650. The Morgan fingerprint density at radius 1 is 1.11 bits per heavy atom. The molecule has 0 saturated carbocycles. The Bertz CT molecular complexity index is 657.